The summed E-state index contributed by atoms with van der Waals surface area (Å²) in [5.74, 6) is -0.405. The second kappa shape index (κ2) is 6.89. The monoisotopic (exact) mass is 340 g/mol. The number of hydrogen-bond acceptors (Lipinski definition) is 4. The lowest BCUT2D eigenvalue weighted by molar-refractivity contribution is 0.0527. The second-order valence-electron chi connectivity index (χ2n) is 5.33. The number of halogens is 1. The molecule has 0 amide bonds. The van der Waals surface area contributed by atoms with E-state index in [-0.39, 0.29) is 0 Å². The minimum absolute atomic E-state index is 0.307. The Hall–Kier alpha value is -2.59. The topological polar surface area (TPSA) is 51.2 Å². The molecule has 0 saturated carbocycles. The molecule has 122 valence electrons. The molecule has 2 aromatic carbocycles. The number of pyridine rings is 1. The van der Waals surface area contributed by atoms with Crippen LogP contribution in [0.2, 0.25) is 5.02 Å². The number of aromatic nitrogens is 1. The highest BCUT2D eigenvalue weighted by atomic mass is 35.5. The number of rotatable bonds is 4. The molecule has 3 rings (SSSR count). The number of nitrogens with one attached hydrogen (secondary N) is 1. The summed E-state index contributed by atoms with van der Waals surface area (Å²) in [6, 6.07) is 13.3. The molecule has 0 saturated heterocycles. The largest absolute Gasteiger partial charge is 0.462 e. The van der Waals surface area contributed by atoms with Crippen molar-refractivity contribution in [3.05, 3.63) is 64.8 Å². The molecule has 0 atom stereocenters. The molecule has 0 aliphatic heterocycles. The molecule has 0 unspecified atom stereocenters. The van der Waals surface area contributed by atoms with Gasteiger partial charge in [0.05, 0.1) is 17.8 Å². The highest BCUT2D eigenvalue weighted by molar-refractivity contribution is 6.32. The molecular formula is C19H17ClN2O2. The van der Waals surface area contributed by atoms with E-state index in [1.54, 1.807) is 6.92 Å². The Morgan fingerprint density at radius 2 is 1.96 bits per heavy atom. The lowest BCUT2D eigenvalue weighted by atomic mass is 10.1. The van der Waals surface area contributed by atoms with Crippen LogP contribution in [0, 0.1) is 6.92 Å². The van der Waals surface area contributed by atoms with Crippen molar-refractivity contribution in [2.45, 2.75) is 13.8 Å². The molecule has 0 aliphatic carbocycles. The third-order valence-corrected chi connectivity index (χ3v) is 4.17. The highest BCUT2D eigenvalue weighted by Crippen LogP contribution is 2.33. The van der Waals surface area contributed by atoms with Crippen molar-refractivity contribution >= 4 is 39.8 Å². The standard InChI is InChI=1S/C19H17ClN2O2/c1-3-24-19(23)15-11-21-17-12(2)16(20)10-9-14(17)18(15)22-13-7-5-4-6-8-13/h4-11H,3H2,1-2H3,(H,21,22). The Bertz CT molecular complexity index is 895. The Kier molecular flexibility index (Phi) is 4.67. The molecule has 0 radical (unpaired) electrons. The lowest BCUT2D eigenvalue weighted by Gasteiger charge is -2.15. The van der Waals surface area contributed by atoms with Gasteiger partial charge in [-0.1, -0.05) is 29.8 Å². The van der Waals surface area contributed by atoms with E-state index in [0.29, 0.717) is 22.9 Å². The second-order valence-corrected chi connectivity index (χ2v) is 5.73. The van der Waals surface area contributed by atoms with Crippen LogP contribution < -0.4 is 5.32 Å². The zero-order chi connectivity index (χ0) is 17.1. The number of aryl methyl sites for hydroxylation is 1. The first-order chi connectivity index (χ1) is 11.6. The summed E-state index contributed by atoms with van der Waals surface area (Å²) < 4.78 is 5.16. The van der Waals surface area contributed by atoms with E-state index in [1.807, 2.05) is 49.4 Å². The first-order valence-corrected chi connectivity index (χ1v) is 8.06. The summed E-state index contributed by atoms with van der Waals surface area (Å²) in [7, 11) is 0. The number of hydrogen-bond donors (Lipinski definition) is 1. The molecule has 3 aromatic rings. The number of anilines is 2. The van der Waals surface area contributed by atoms with E-state index in [0.717, 1.165) is 22.2 Å². The predicted molar refractivity (Wildman–Crippen MR) is 97.2 cm³/mol. The summed E-state index contributed by atoms with van der Waals surface area (Å²) in [6.07, 6.45) is 1.54. The van der Waals surface area contributed by atoms with Gasteiger partial charge in [0.25, 0.3) is 0 Å². The number of fused-ring (bicyclic) bond motifs is 1. The van der Waals surface area contributed by atoms with Crippen molar-refractivity contribution in [3.8, 4) is 0 Å². The number of para-hydroxylation sites is 1. The van der Waals surface area contributed by atoms with Gasteiger partial charge in [-0.25, -0.2) is 4.79 Å². The van der Waals surface area contributed by atoms with Crippen LogP contribution in [0.1, 0.15) is 22.8 Å². The van der Waals surface area contributed by atoms with Crippen molar-refractivity contribution in [2.75, 3.05) is 11.9 Å². The van der Waals surface area contributed by atoms with Crippen molar-refractivity contribution in [2.24, 2.45) is 0 Å². The van der Waals surface area contributed by atoms with Gasteiger partial charge in [0.15, 0.2) is 0 Å². The van der Waals surface area contributed by atoms with Crippen molar-refractivity contribution in [1.82, 2.24) is 4.98 Å². The molecular weight excluding hydrogens is 324 g/mol. The van der Waals surface area contributed by atoms with Crippen molar-refractivity contribution in [1.29, 1.82) is 0 Å². The zero-order valence-corrected chi connectivity index (χ0v) is 14.2. The number of carbonyl (C=O) groups is 1. The third-order valence-electron chi connectivity index (χ3n) is 3.76. The maximum absolute atomic E-state index is 12.3. The summed E-state index contributed by atoms with van der Waals surface area (Å²) in [5, 5.41) is 4.79. The first-order valence-electron chi connectivity index (χ1n) is 7.68. The van der Waals surface area contributed by atoms with Gasteiger partial charge in [-0.05, 0) is 43.7 Å². The fourth-order valence-corrected chi connectivity index (χ4v) is 2.70. The maximum atomic E-state index is 12.3. The van der Waals surface area contributed by atoms with Gasteiger partial charge in [-0.2, -0.15) is 0 Å². The molecule has 5 heteroatoms. The Labute approximate surface area is 145 Å². The van der Waals surface area contributed by atoms with Crippen molar-refractivity contribution < 1.29 is 9.53 Å². The summed E-state index contributed by atoms with van der Waals surface area (Å²) >= 11 is 6.20. The maximum Gasteiger partial charge on any atom is 0.341 e. The van der Waals surface area contributed by atoms with E-state index in [2.05, 4.69) is 10.3 Å². The normalized spacial score (nSPS) is 10.6. The van der Waals surface area contributed by atoms with Gasteiger partial charge in [0.2, 0.25) is 0 Å². The van der Waals surface area contributed by atoms with Gasteiger partial charge >= 0.3 is 5.97 Å². The molecule has 1 N–H and O–H groups in total. The van der Waals surface area contributed by atoms with Crippen LogP contribution in [-0.4, -0.2) is 17.6 Å². The fraction of sp³-hybridized carbons (Fsp3) is 0.158. The Morgan fingerprint density at radius 1 is 1.21 bits per heavy atom. The average molecular weight is 341 g/mol. The number of carbonyl (C=O) groups excluding carboxylic acids is 1. The minimum Gasteiger partial charge on any atom is -0.462 e. The van der Waals surface area contributed by atoms with E-state index >= 15 is 0 Å². The van der Waals surface area contributed by atoms with E-state index in [1.165, 1.54) is 6.20 Å². The van der Waals surface area contributed by atoms with Gasteiger partial charge in [0.1, 0.15) is 5.56 Å². The zero-order valence-electron chi connectivity index (χ0n) is 13.5. The number of nitrogens with zero attached hydrogens (tertiary/aromatic N) is 1. The first kappa shape index (κ1) is 16.3. The highest BCUT2D eigenvalue weighted by Gasteiger charge is 2.18. The molecule has 4 nitrogen and oxygen atoms in total. The van der Waals surface area contributed by atoms with E-state index in [4.69, 9.17) is 16.3 Å². The number of esters is 1. The van der Waals surface area contributed by atoms with E-state index in [9.17, 15) is 4.79 Å². The van der Waals surface area contributed by atoms with Crippen molar-refractivity contribution in [3.63, 3.8) is 0 Å². The SMILES string of the molecule is CCOC(=O)c1cnc2c(C)c(Cl)ccc2c1Nc1ccccc1. The summed E-state index contributed by atoms with van der Waals surface area (Å²) in [6.45, 7) is 4.00. The molecule has 0 aliphatic rings. The van der Waals surface area contributed by atoms with Crippen LogP contribution in [-0.2, 0) is 4.74 Å². The smallest absolute Gasteiger partial charge is 0.341 e. The van der Waals surface area contributed by atoms with Crippen LogP contribution in [0.3, 0.4) is 0 Å². The number of ether oxygens (including phenoxy) is 1. The molecule has 0 fully saturated rings. The summed E-state index contributed by atoms with van der Waals surface area (Å²) in [4.78, 5) is 16.7. The molecule has 1 heterocycles. The quantitative estimate of drug-likeness (QED) is 0.670. The minimum atomic E-state index is -0.405. The summed E-state index contributed by atoms with van der Waals surface area (Å²) in [5.41, 5.74) is 3.58. The predicted octanol–water partition coefficient (Wildman–Crippen LogP) is 5.12. The third kappa shape index (κ3) is 3.05. The van der Waals surface area contributed by atoms with Gasteiger partial charge < -0.3 is 10.1 Å². The van der Waals surface area contributed by atoms with Gasteiger partial charge in [0, 0.05) is 22.3 Å². The molecule has 0 spiro atoms. The van der Waals surface area contributed by atoms with Gasteiger partial charge in [-0.15, -0.1) is 0 Å². The fourth-order valence-electron chi connectivity index (χ4n) is 2.55. The van der Waals surface area contributed by atoms with E-state index < -0.39 is 5.97 Å². The van der Waals surface area contributed by atoms with Crippen LogP contribution in [0.4, 0.5) is 11.4 Å². The Morgan fingerprint density at radius 3 is 2.67 bits per heavy atom. The molecule has 1 aromatic heterocycles. The van der Waals surface area contributed by atoms with Crippen LogP contribution in [0.15, 0.2) is 48.7 Å². The van der Waals surface area contributed by atoms with Crippen LogP contribution in [0.5, 0.6) is 0 Å². The number of benzene rings is 2. The lowest BCUT2D eigenvalue weighted by Crippen LogP contribution is -2.09. The average Bonchev–Trinajstić information content (AvgIpc) is 2.59. The van der Waals surface area contributed by atoms with Crippen LogP contribution >= 0.6 is 11.6 Å². The van der Waals surface area contributed by atoms with Gasteiger partial charge in [-0.3, -0.25) is 4.98 Å². The molecule has 24 heavy (non-hydrogen) atoms. The van der Waals surface area contributed by atoms with Crippen LogP contribution in [0.25, 0.3) is 10.9 Å². The molecule has 0 bridgehead atoms. The Balaban J connectivity index is 2.21.